The number of hydrogen-bond donors (Lipinski definition) is 3. The molecule has 0 spiro atoms. The predicted octanol–water partition coefficient (Wildman–Crippen LogP) is 0.748. The van der Waals surface area contributed by atoms with Crippen LogP contribution in [0.2, 0.25) is 0 Å². The van der Waals surface area contributed by atoms with Gasteiger partial charge in [0.2, 0.25) is 11.8 Å². The zero-order chi connectivity index (χ0) is 12.4. The number of amides is 2. The fraction of sp³-hybridized carbons (Fsp3) is 0.273. The molecule has 17 heavy (non-hydrogen) atoms. The molecular weight excluding hydrogens is 227 g/mol. The van der Waals surface area contributed by atoms with E-state index < -0.39 is 23.5 Å². The van der Waals surface area contributed by atoms with E-state index in [4.69, 9.17) is 5.11 Å². The summed E-state index contributed by atoms with van der Waals surface area (Å²) in [5, 5.41) is 14.0. The third-order valence-corrected chi connectivity index (χ3v) is 2.53. The molecule has 0 aliphatic carbocycles. The number of carbonyl (C=O) groups excluding carboxylic acids is 2. The number of hydrogen-bond acceptors (Lipinski definition) is 4. The van der Waals surface area contributed by atoms with Gasteiger partial charge in [-0.1, -0.05) is 0 Å². The number of carbonyl (C=O) groups is 2. The Bertz CT molecular complexity index is 476. The summed E-state index contributed by atoms with van der Waals surface area (Å²) >= 11 is 0. The number of anilines is 1. The minimum absolute atomic E-state index is 0.254. The van der Waals surface area contributed by atoms with Gasteiger partial charge >= 0.3 is 0 Å². The summed E-state index contributed by atoms with van der Waals surface area (Å²) in [4.78, 5) is 22.3. The third-order valence-electron chi connectivity index (χ3n) is 2.53. The second-order valence-electron chi connectivity index (χ2n) is 3.81. The summed E-state index contributed by atoms with van der Waals surface area (Å²) in [6.07, 6.45) is 0.622. The molecule has 90 valence electrons. The zero-order valence-corrected chi connectivity index (χ0v) is 8.87. The van der Waals surface area contributed by atoms with Crippen molar-refractivity contribution in [3.63, 3.8) is 0 Å². The lowest BCUT2D eigenvalue weighted by molar-refractivity contribution is -0.133. The molecule has 1 aromatic rings. The first-order valence-electron chi connectivity index (χ1n) is 5.15. The van der Waals surface area contributed by atoms with Crippen LogP contribution in [0.3, 0.4) is 0 Å². The van der Waals surface area contributed by atoms with E-state index in [-0.39, 0.29) is 12.3 Å². The number of aromatic hydroxyl groups is 1. The van der Waals surface area contributed by atoms with Gasteiger partial charge in [-0.15, -0.1) is 0 Å². The van der Waals surface area contributed by atoms with Gasteiger partial charge in [0.05, 0.1) is 0 Å². The molecule has 0 aromatic heterocycles. The first-order chi connectivity index (χ1) is 8.06. The highest BCUT2D eigenvalue weighted by Crippen LogP contribution is 2.21. The van der Waals surface area contributed by atoms with E-state index in [0.717, 1.165) is 6.07 Å². The Morgan fingerprint density at radius 2 is 2.18 bits per heavy atom. The van der Waals surface area contributed by atoms with Crippen LogP contribution in [0.15, 0.2) is 18.2 Å². The third kappa shape index (κ3) is 2.52. The molecule has 1 aliphatic heterocycles. The van der Waals surface area contributed by atoms with Crippen LogP contribution in [0.25, 0.3) is 0 Å². The summed E-state index contributed by atoms with van der Waals surface area (Å²) in [5.74, 6) is -1.93. The van der Waals surface area contributed by atoms with Gasteiger partial charge in [-0.05, 0) is 18.6 Å². The van der Waals surface area contributed by atoms with Crippen LogP contribution < -0.4 is 10.6 Å². The number of benzene rings is 1. The van der Waals surface area contributed by atoms with Crippen molar-refractivity contribution in [2.24, 2.45) is 0 Å². The van der Waals surface area contributed by atoms with Crippen molar-refractivity contribution in [3.8, 4) is 5.75 Å². The van der Waals surface area contributed by atoms with Crippen molar-refractivity contribution in [2.45, 2.75) is 18.9 Å². The molecule has 2 rings (SSSR count). The Hall–Kier alpha value is -2.11. The lowest BCUT2D eigenvalue weighted by atomic mass is 10.1. The van der Waals surface area contributed by atoms with E-state index >= 15 is 0 Å². The van der Waals surface area contributed by atoms with Crippen molar-refractivity contribution < 1.29 is 19.1 Å². The van der Waals surface area contributed by atoms with Gasteiger partial charge in [-0.2, -0.15) is 0 Å². The number of phenolic OH excluding ortho intramolecular Hbond substituents is 1. The van der Waals surface area contributed by atoms with Crippen molar-refractivity contribution in [3.05, 3.63) is 24.0 Å². The van der Waals surface area contributed by atoms with Crippen LogP contribution in [-0.4, -0.2) is 23.0 Å². The van der Waals surface area contributed by atoms with Gasteiger partial charge in [0.1, 0.15) is 6.04 Å². The van der Waals surface area contributed by atoms with Gasteiger partial charge < -0.3 is 10.4 Å². The molecule has 1 aliphatic rings. The highest BCUT2D eigenvalue weighted by molar-refractivity contribution is 6.01. The maximum atomic E-state index is 13.0. The quantitative estimate of drug-likeness (QED) is 0.524. The Labute approximate surface area is 96.6 Å². The van der Waals surface area contributed by atoms with Crippen LogP contribution in [0.4, 0.5) is 10.1 Å². The molecule has 3 N–H and O–H groups in total. The van der Waals surface area contributed by atoms with Gasteiger partial charge in [-0.3, -0.25) is 14.9 Å². The molecule has 1 fully saturated rings. The second kappa shape index (κ2) is 4.40. The summed E-state index contributed by atoms with van der Waals surface area (Å²) in [7, 11) is 0. The van der Waals surface area contributed by atoms with E-state index in [1.165, 1.54) is 12.1 Å². The van der Waals surface area contributed by atoms with Crippen LogP contribution >= 0.6 is 0 Å². The minimum Gasteiger partial charge on any atom is -0.505 e. The number of piperidine rings is 1. The number of phenols is 1. The topological polar surface area (TPSA) is 78.4 Å². The average Bonchev–Trinajstić information content (AvgIpc) is 2.27. The highest BCUT2D eigenvalue weighted by atomic mass is 19.1. The molecule has 1 atom stereocenters. The number of rotatable bonds is 2. The Morgan fingerprint density at radius 1 is 1.41 bits per heavy atom. The normalized spacial score (nSPS) is 19.9. The minimum atomic E-state index is -0.762. The van der Waals surface area contributed by atoms with Crippen molar-refractivity contribution in [2.75, 3.05) is 5.32 Å². The zero-order valence-electron chi connectivity index (χ0n) is 8.87. The predicted molar refractivity (Wildman–Crippen MR) is 57.9 cm³/mol. The van der Waals surface area contributed by atoms with Gasteiger partial charge in [0, 0.05) is 18.2 Å². The lowest BCUT2D eigenvalue weighted by Crippen LogP contribution is -2.47. The Balaban J connectivity index is 2.08. The molecule has 1 heterocycles. The summed E-state index contributed by atoms with van der Waals surface area (Å²) in [5.41, 5.74) is 0.384. The molecule has 5 nitrogen and oxygen atoms in total. The monoisotopic (exact) mass is 238 g/mol. The summed E-state index contributed by atoms with van der Waals surface area (Å²) in [6, 6.07) is 3.20. The van der Waals surface area contributed by atoms with Crippen molar-refractivity contribution >= 4 is 17.5 Å². The number of nitrogens with one attached hydrogen (secondary N) is 2. The first kappa shape index (κ1) is 11.4. The van der Waals surface area contributed by atoms with Gasteiger partial charge in [-0.25, -0.2) is 4.39 Å². The molecule has 0 bridgehead atoms. The van der Waals surface area contributed by atoms with Crippen molar-refractivity contribution in [1.82, 2.24) is 5.32 Å². The molecule has 1 aromatic carbocycles. The SMILES string of the molecule is O=C1CCC(Nc2ccc(O)c(F)c2)C(=O)N1. The maximum absolute atomic E-state index is 13.0. The van der Waals surface area contributed by atoms with Gasteiger partial charge in [0.15, 0.2) is 11.6 Å². The Kier molecular flexibility index (Phi) is 2.95. The standard InChI is InChI=1S/C11H11FN2O3/c12-7-5-6(1-3-9(7)15)13-8-2-4-10(16)14-11(8)17/h1,3,5,8,13,15H,2,4H2,(H,14,16,17). The number of imide groups is 1. The molecule has 1 saturated heterocycles. The van der Waals surface area contributed by atoms with E-state index in [1.807, 2.05) is 0 Å². The molecule has 6 heteroatoms. The summed E-state index contributed by atoms with van der Waals surface area (Å²) in [6.45, 7) is 0. The largest absolute Gasteiger partial charge is 0.505 e. The first-order valence-corrected chi connectivity index (χ1v) is 5.15. The van der Waals surface area contributed by atoms with E-state index in [1.54, 1.807) is 0 Å². The number of halogens is 1. The van der Waals surface area contributed by atoms with Crippen LogP contribution in [0.1, 0.15) is 12.8 Å². The summed E-state index contributed by atoms with van der Waals surface area (Å²) < 4.78 is 13.0. The van der Waals surface area contributed by atoms with Crippen LogP contribution in [0.5, 0.6) is 5.75 Å². The lowest BCUT2D eigenvalue weighted by Gasteiger charge is -2.22. The van der Waals surface area contributed by atoms with Crippen molar-refractivity contribution in [1.29, 1.82) is 0 Å². The highest BCUT2D eigenvalue weighted by Gasteiger charge is 2.26. The van der Waals surface area contributed by atoms with Crippen LogP contribution in [-0.2, 0) is 9.59 Å². The van der Waals surface area contributed by atoms with E-state index in [9.17, 15) is 14.0 Å². The molecule has 2 amide bonds. The van der Waals surface area contributed by atoms with E-state index in [2.05, 4.69) is 10.6 Å². The fourth-order valence-electron chi connectivity index (χ4n) is 1.63. The molecule has 0 radical (unpaired) electrons. The van der Waals surface area contributed by atoms with Gasteiger partial charge in [0.25, 0.3) is 0 Å². The molecule has 0 saturated carbocycles. The fourth-order valence-corrected chi connectivity index (χ4v) is 1.63. The van der Waals surface area contributed by atoms with E-state index in [0.29, 0.717) is 12.1 Å². The maximum Gasteiger partial charge on any atom is 0.249 e. The van der Waals surface area contributed by atoms with Crippen LogP contribution in [0, 0.1) is 5.82 Å². The smallest absolute Gasteiger partial charge is 0.249 e. The molecule has 1 unspecified atom stereocenters. The second-order valence-corrected chi connectivity index (χ2v) is 3.81. The Morgan fingerprint density at radius 3 is 2.82 bits per heavy atom. The average molecular weight is 238 g/mol. The molecular formula is C11H11FN2O3.